The van der Waals surface area contributed by atoms with Gasteiger partial charge in [0.2, 0.25) is 6.71 Å². The molecular formula is C92H67B2N3S. The Hall–Kier alpha value is -11.0. The van der Waals surface area contributed by atoms with Gasteiger partial charge in [-0.3, -0.25) is 0 Å². The maximum atomic E-state index is 2.69. The molecule has 4 aliphatic heterocycles. The van der Waals surface area contributed by atoms with Crippen molar-refractivity contribution in [3.8, 4) is 22.3 Å². The number of para-hydroxylation sites is 3. The van der Waals surface area contributed by atoms with Gasteiger partial charge in [0.25, 0.3) is 6.71 Å². The number of nitrogens with zero attached hydrogens (tertiary/aromatic N) is 3. The lowest BCUT2D eigenvalue weighted by molar-refractivity contribution is 0.589. The van der Waals surface area contributed by atoms with E-state index in [1.54, 1.807) is 0 Å². The van der Waals surface area contributed by atoms with Crippen LogP contribution in [0.3, 0.4) is 0 Å². The highest BCUT2D eigenvalue weighted by molar-refractivity contribution is 8.00. The van der Waals surface area contributed by atoms with Crippen LogP contribution in [0.2, 0.25) is 0 Å². The molecule has 4 heterocycles. The Labute approximate surface area is 577 Å². The highest BCUT2D eigenvalue weighted by atomic mass is 32.2. The molecule has 98 heavy (non-hydrogen) atoms. The molecule has 0 radical (unpaired) electrons. The van der Waals surface area contributed by atoms with E-state index in [1.807, 2.05) is 11.8 Å². The average Bonchev–Trinajstić information content (AvgIpc) is 0.686. The molecule has 0 spiro atoms. The second kappa shape index (κ2) is 21.2. The van der Waals surface area contributed by atoms with Crippen molar-refractivity contribution >= 4 is 174 Å². The van der Waals surface area contributed by atoms with Gasteiger partial charge in [-0.05, 0) is 192 Å². The molecule has 0 bridgehead atoms. The summed E-state index contributed by atoms with van der Waals surface area (Å²) in [5, 5.41) is 15.2. The van der Waals surface area contributed by atoms with Crippen LogP contribution in [0.1, 0.15) is 52.7 Å². The third-order valence-electron chi connectivity index (χ3n) is 21.9. The van der Waals surface area contributed by atoms with Crippen molar-refractivity contribution in [2.45, 2.75) is 62.2 Å². The van der Waals surface area contributed by atoms with Crippen LogP contribution in [0.5, 0.6) is 0 Å². The van der Waals surface area contributed by atoms with E-state index in [0.717, 1.165) is 11.4 Å². The van der Waals surface area contributed by atoms with Crippen molar-refractivity contribution in [3.63, 3.8) is 0 Å². The maximum absolute atomic E-state index is 2.69. The molecule has 0 N–H and O–H groups in total. The normalized spacial score (nSPS) is 13.7. The summed E-state index contributed by atoms with van der Waals surface area (Å²) in [7, 11) is 0. The van der Waals surface area contributed by atoms with Gasteiger partial charge in [0, 0.05) is 66.4 Å². The summed E-state index contributed by atoms with van der Waals surface area (Å²) in [6.07, 6.45) is 0. The summed E-state index contributed by atoms with van der Waals surface area (Å²) in [4.78, 5) is 10.6. The quantitative estimate of drug-likeness (QED) is 0.125. The van der Waals surface area contributed by atoms with Crippen LogP contribution in [0, 0.1) is 0 Å². The van der Waals surface area contributed by atoms with E-state index in [0.29, 0.717) is 0 Å². The number of benzene rings is 16. The van der Waals surface area contributed by atoms with Crippen molar-refractivity contribution in [2.75, 3.05) is 14.7 Å². The molecule has 0 saturated heterocycles. The van der Waals surface area contributed by atoms with Crippen molar-refractivity contribution in [1.82, 2.24) is 0 Å². The van der Waals surface area contributed by atoms with Gasteiger partial charge in [0.1, 0.15) is 0 Å². The minimum atomic E-state index is -0.232. The first-order chi connectivity index (χ1) is 47.9. The summed E-state index contributed by atoms with van der Waals surface area (Å²) in [6.45, 7) is 14.1. The third kappa shape index (κ3) is 8.40. The lowest BCUT2D eigenvalue weighted by atomic mass is 9.31. The Kier molecular flexibility index (Phi) is 12.4. The van der Waals surface area contributed by atoms with E-state index in [2.05, 4.69) is 353 Å². The van der Waals surface area contributed by atoms with Crippen LogP contribution >= 0.6 is 11.8 Å². The van der Waals surface area contributed by atoms with Gasteiger partial charge in [-0.1, -0.05) is 289 Å². The summed E-state index contributed by atoms with van der Waals surface area (Å²) < 4.78 is 0. The number of rotatable bonds is 5. The predicted octanol–water partition coefficient (Wildman–Crippen LogP) is 21.4. The highest BCUT2D eigenvalue weighted by Gasteiger charge is 2.48. The van der Waals surface area contributed by atoms with Gasteiger partial charge in [0.15, 0.2) is 0 Å². The zero-order valence-electron chi connectivity index (χ0n) is 55.7. The second-order valence-electron chi connectivity index (χ2n) is 29.5. The fraction of sp³-hybridized carbons (Fsp3) is 0.0870. The SMILES string of the molecule is CC(C)(C)c1cc2c3c(c1)N(c1ccc4c5ccccc5c5ccccc5c4c1)c1ccccc1B3c1cc3c(cc1S2)N(c1ccc2c4ccccc4c4ccccc4c2c1)c1cc(C(C)(C)C)cc2c1B3c1ccccc1N2c1c(-c2ccccc2)cccc1-c1ccccc1. The number of anilines is 9. The third-order valence-corrected chi connectivity index (χ3v) is 23.0. The topological polar surface area (TPSA) is 9.72 Å². The zero-order chi connectivity index (χ0) is 65.4. The Balaban J connectivity index is 0.877. The minimum Gasteiger partial charge on any atom is -0.311 e. The van der Waals surface area contributed by atoms with Crippen LogP contribution < -0.4 is 47.5 Å². The summed E-state index contributed by atoms with van der Waals surface area (Å²) in [5.74, 6) is 0. The van der Waals surface area contributed by atoms with Gasteiger partial charge in [0.05, 0.1) is 5.69 Å². The number of hydrogen-bond donors (Lipinski definition) is 0. The molecule has 0 fully saturated rings. The van der Waals surface area contributed by atoms with Gasteiger partial charge in [-0.2, -0.15) is 0 Å². The predicted molar refractivity (Wildman–Crippen MR) is 424 cm³/mol. The standard InChI is InChI=1S/C92H67B2N3S/c1-91(2,3)58-48-83-88-84(49-58)97(90-62(56-26-9-7-10-27-56)38-25-39-63(90)57-28-11-8-12-29-57)81-43-24-22-41-77(81)93(88)78-54-79-86(55-82(78)96(83)61-45-47-73-69-35-16-14-31-65(69)67-33-18-20-37-71(67)75(73)53-61)98-87-51-59(92(4,5)6)50-85-89(87)94(79)76-40-21-23-42-80(76)95(85)60-44-46-72-68-34-15-13-30-64(68)66-32-17-19-36-70(66)74(72)52-60/h7-55H,1-6H3. The van der Waals surface area contributed by atoms with Crippen molar-refractivity contribution in [3.05, 3.63) is 308 Å². The first kappa shape index (κ1) is 57.2. The first-order valence-electron chi connectivity index (χ1n) is 34.6. The first-order valence-corrected chi connectivity index (χ1v) is 35.4. The van der Waals surface area contributed by atoms with Gasteiger partial charge in [-0.15, -0.1) is 0 Å². The molecule has 0 unspecified atom stereocenters. The van der Waals surface area contributed by atoms with Crippen molar-refractivity contribution < 1.29 is 0 Å². The molecule has 0 atom stereocenters. The van der Waals surface area contributed by atoms with Gasteiger partial charge >= 0.3 is 0 Å². The van der Waals surface area contributed by atoms with E-state index in [4.69, 9.17) is 0 Å². The van der Waals surface area contributed by atoms with Gasteiger partial charge in [-0.25, -0.2) is 0 Å². The maximum Gasteiger partial charge on any atom is 0.252 e. The molecule has 462 valence electrons. The van der Waals surface area contributed by atoms with E-state index in [-0.39, 0.29) is 24.3 Å². The monoisotopic (exact) mass is 1270 g/mol. The largest absolute Gasteiger partial charge is 0.311 e. The number of hydrogen-bond acceptors (Lipinski definition) is 4. The van der Waals surface area contributed by atoms with Crippen molar-refractivity contribution in [1.29, 1.82) is 0 Å². The Morgan fingerprint density at radius 3 is 1.11 bits per heavy atom. The van der Waals surface area contributed by atoms with E-state index in [9.17, 15) is 0 Å². The van der Waals surface area contributed by atoms with Crippen LogP contribution in [-0.2, 0) is 10.8 Å². The summed E-state index contributed by atoms with van der Waals surface area (Å²) in [5.41, 5.74) is 25.6. The second-order valence-corrected chi connectivity index (χ2v) is 30.5. The molecule has 6 heteroatoms. The Morgan fingerprint density at radius 2 is 0.633 bits per heavy atom. The Bertz CT molecular complexity index is 5980. The molecule has 0 aromatic heterocycles. The Morgan fingerprint density at radius 1 is 0.255 bits per heavy atom. The fourth-order valence-corrected chi connectivity index (χ4v) is 18.6. The van der Waals surface area contributed by atoms with E-state index < -0.39 is 0 Å². The van der Waals surface area contributed by atoms with E-state index in [1.165, 1.54) is 180 Å². The van der Waals surface area contributed by atoms with E-state index >= 15 is 0 Å². The zero-order valence-corrected chi connectivity index (χ0v) is 56.5. The molecule has 4 aliphatic rings. The molecule has 20 rings (SSSR count). The molecule has 16 aromatic carbocycles. The van der Waals surface area contributed by atoms with Crippen LogP contribution in [0.4, 0.5) is 51.2 Å². The lowest BCUT2D eigenvalue weighted by Gasteiger charge is -2.46. The van der Waals surface area contributed by atoms with Crippen LogP contribution in [0.15, 0.2) is 307 Å². The average molecular weight is 1270 g/mol. The molecular weight excluding hydrogens is 1200 g/mol. The smallest absolute Gasteiger partial charge is 0.252 e. The number of fused-ring (bicyclic) bond motifs is 20. The van der Waals surface area contributed by atoms with Gasteiger partial charge < -0.3 is 14.7 Å². The van der Waals surface area contributed by atoms with Crippen LogP contribution in [0.25, 0.3) is 86.9 Å². The molecule has 0 aliphatic carbocycles. The van der Waals surface area contributed by atoms with Crippen molar-refractivity contribution in [2.24, 2.45) is 0 Å². The van der Waals surface area contributed by atoms with Crippen LogP contribution in [-0.4, -0.2) is 13.4 Å². The molecule has 0 saturated carbocycles. The molecule has 16 aromatic rings. The molecule has 0 amide bonds. The summed E-state index contributed by atoms with van der Waals surface area (Å²) in [6, 6.07) is 114. The fourth-order valence-electron chi connectivity index (χ4n) is 17.4. The minimum absolute atomic E-state index is 0.0624. The lowest BCUT2D eigenvalue weighted by Crippen LogP contribution is -2.64. The molecule has 3 nitrogen and oxygen atoms in total. The summed E-state index contributed by atoms with van der Waals surface area (Å²) >= 11 is 1.97. The highest BCUT2D eigenvalue weighted by Crippen LogP contribution is 2.54.